The lowest BCUT2D eigenvalue weighted by Gasteiger charge is -2.17. The van der Waals surface area contributed by atoms with Gasteiger partial charge in [0.1, 0.15) is 5.75 Å². The molecule has 9 heteroatoms. The molecule has 0 bridgehead atoms. The first-order chi connectivity index (χ1) is 16.8. The number of amides is 1. The summed E-state index contributed by atoms with van der Waals surface area (Å²) in [6.07, 6.45) is 1.72. The minimum Gasteiger partial charge on any atom is -0.483 e. The molecule has 1 aliphatic heterocycles. The Morgan fingerprint density at radius 3 is 2.40 bits per heavy atom. The van der Waals surface area contributed by atoms with E-state index >= 15 is 0 Å². The maximum atomic E-state index is 12.9. The van der Waals surface area contributed by atoms with Gasteiger partial charge in [0.05, 0.1) is 10.6 Å². The van der Waals surface area contributed by atoms with E-state index < -0.39 is 15.9 Å². The van der Waals surface area contributed by atoms with Crippen LogP contribution in [0.25, 0.3) is 0 Å². The Morgan fingerprint density at radius 1 is 1.00 bits per heavy atom. The SMILES string of the molecule is Cc1cc(S(=O)(=O)N2CCCC2)ccc1OCC(=O)Nc1ccc(Cl)cc1C(=O)c1ccccc1. The van der Waals surface area contributed by atoms with Crippen LogP contribution in [-0.4, -0.2) is 44.1 Å². The fourth-order valence-electron chi connectivity index (χ4n) is 3.91. The predicted molar refractivity (Wildman–Crippen MR) is 135 cm³/mol. The molecule has 0 atom stereocenters. The molecule has 1 amide bonds. The van der Waals surface area contributed by atoms with E-state index in [0.717, 1.165) is 12.8 Å². The van der Waals surface area contributed by atoms with E-state index in [0.29, 0.717) is 40.7 Å². The highest BCUT2D eigenvalue weighted by atomic mass is 35.5. The van der Waals surface area contributed by atoms with Crippen molar-refractivity contribution in [2.24, 2.45) is 0 Å². The highest BCUT2D eigenvalue weighted by molar-refractivity contribution is 7.89. The number of anilines is 1. The normalized spacial score (nSPS) is 14.0. The molecule has 1 heterocycles. The fourth-order valence-corrected chi connectivity index (χ4v) is 5.68. The summed E-state index contributed by atoms with van der Waals surface area (Å²) in [5.74, 6) is -0.338. The molecule has 3 aromatic carbocycles. The number of halogens is 1. The van der Waals surface area contributed by atoms with Gasteiger partial charge in [-0.2, -0.15) is 4.31 Å². The zero-order chi connectivity index (χ0) is 25.0. The topological polar surface area (TPSA) is 92.8 Å². The van der Waals surface area contributed by atoms with Crippen LogP contribution in [0.15, 0.2) is 71.6 Å². The smallest absolute Gasteiger partial charge is 0.262 e. The van der Waals surface area contributed by atoms with Gasteiger partial charge in [-0.25, -0.2) is 8.42 Å². The third-order valence-electron chi connectivity index (χ3n) is 5.74. The van der Waals surface area contributed by atoms with Crippen molar-refractivity contribution >= 4 is 39.0 Å². The van der Waals surface area contributed by atoms with Crippen LogP contribution in [-0.2, 0) is 14.8 Å². The zero-order valence-corrected chi connectivity index (χ0v) is 20.7. The van der Waals surface area contributed by atoms with Crippen molar-refractivity contribution in [1.29, 1.82) is 0 Å². The number of nitrogens with zero attached hydrogens (tertiary/aromatic N) is 1. The number of ketones is 1. The minimum atomic E-state index is -3.53. The van der Waals surface area contributed by atoms with Crippen molar-refractivity contribution in [1.82, 2.24) is 4.31 Å². The first-order valence-corrected chi connectivity index (χ1v) is 13.0. The molecule has 7 nitrogen and oxygen atoms in total. The zero-order valence-electron chi connectivity index (χ0n) is 19.2. The summed E-state index contributed by atoms with van der Waals surface area (Å²) in [5, 5.41) is 3.08. The maximum Gasteiger partial charge on any atom is 0.262 e. The third-order valence-corrected chi connectivity index (χ3v) is 7.87. The van der Waals surface area contributed by atoms with Gasteiger partial charge in [-0.05, 0) is 61.7 Å². The van der Waals surface area contributed by atoms with Crippen LogP contribution in [0.2, 0.25) is 5.02 Å². The first-order valence-electron chi connectivity index (χ1n) is 11.2. The van der Waals surface area contributed by atoms with Gasteiger partial charge in [-0.15, -0.1) is 0 Å². The van der Waals surface area contributed by atoms with Crippen LogP contribution in [0.4, 0.5) is 5.69 Å². The number of carbonyl (C=O) groups excluding carboxylic acids is 2. The number of carbonyl (C=O) groups is 2. The predicted octanol–water partition coefficient (Wildman–Crippen LogP) is 4.68. The van der Waals surface area contributed by atoms with Gasteiger partial charge in [0, 0.05) is 29.2 Å². The summed E-state index contributed by atoms with van der Waals surface area (Å²) < 4.78 is 32.7. The summed E-state index contributed by atoms with van der Waals surface area (Å²) in [6.45, 7) is 2.46. The van der Waals surface area contributed by atoms with E-state index in [4.69, 9.17) is 16.3 Å². The van der Waals surface area contributed by atoms with E-state index in [1.54, 1.807) is 55.5 Å². The highest BCUT2D eigenvalue weighted by Crippen LogP contribution is 2.27. The molecule has 0 aliphatic carbocycles. The lowest BCUT2D eigenvalue weighted by molar-refractivity contribution is -0.118. The summed E-state index contributed by atoms with van der Waals surface area (Å²) in [6, 6.07) is 18.0. The molecular weight excluding hydrogens is 488 g/mol. The fraction of sp³-hybridized carbons (Fsp3) is 0.231. The van der Waals surface area contributed by atoms with Crippen LogP contribution in [0.1, 0.15) is 34.3 Å². The molecule has 0 unspecified atom stereocenters. The second-order valence-corrected chi connectivity index (χ2v) is 10.6. The Labute approximate surface area is 209 Å². The summed E-state index contributed by atoms with van der Waals surface area (Å²) in [5.41, 5.74) is 1.66. The van der Waals surface area contributed by atoms with E-state index in [9.17, 15) is 18.0 Å². The molecule has 35 heavy (non-hydrogen) atoms. The van der Waals surface area contributed by atoms with Gasteiger partial charge in [0.25, 0.3) is 5.91 Å². The summed E-state index contributed by atoms with van der Waals surface area (Å²) in [4.78, 5) is 25.8. The number of ether oxygens (including phenoxy) is 1. The molecule has 182 valence electrons. The quantitative estimate of drug-likeness (QED) is 0.442. The van der Waals surface area contributed by atoms with Crippen LogP contribution in [0.3, 0.4) is 0 Å². The molecule has 1 aliphatic rings. The number of benzene rings is 3. The molecule has 0 radical (unpaired) electrons. The van der Waals surface area contributed by atoms with Gasteiger partial charge in [-0.1, -0.05) is 41.9 Å². The summed E-state index contributed by atoms with van der Waals surface area (Å²) >= 11 is 6.09. The lowest BCUT2D eigenvalue weighted by atomic mass is 10.0. The molecular formula is C26H25ClN2O5S. The third kappa shape index (κ3) is 5.73. The number of rotatable bonds is 8. The highest BCUT2D eigenvalue weighted by Gasteiger charge is 2.27. The van der Waals surface area contributed by atoms with Crippen LogP contribution < -0.4 is 10.1 Å². The molecule has 3 aromatic rings. The van der Waals surface area contributed by atoms with E-state index in [2.05, 4.69) is 5.32 Å². The van der Waals surface area contributed by atoms with Gasteiger partial charge in [0.2, 0.25) is 10.0 Å². The second kappa shape index (κ2) is 10.6. The maximum absolute atomic E-state index is 12.9. The van der Waals surface area contributed by atoms with Crippen molar-refractivity contribution < 1.29 is 22.7 Å². The number of sulfonamides is 1. The van der Waals surface area contributed by atoms with Gasteiger partial charge in [-0.3, -0.25) is 9.59 Å². The standard InChI is InChI=1S/C26H25ClN2O5S/c1-18-15-21(35(32,33)29-13-5-6-14-29)10-12-24(18)34-17-25(30)28-23-11-9-20(27)16-22(23)26(31)19-7-3-2-4-8-19/h2-4,7-12,15-16H,5-6,13-14,17H2,1H3,(H,28,30). The van der Waals surface area contributed by atoms with Gasteiger partial charge < -0.3 is 10.1 Å². The Hall–Kier alpha value is -3.20. The molecule has 0 saturated carbocycles. The van der Waals surface area contributed by atoms with E-state index in [1.807, 2.05) is 6.07 Å². The van der Waals surface area contributed by atoms with Crippen LogP contribution in [0.5, 0.6) is 5.75 Å². The number of nitrogens with one attached hydrogen (secondary N) is 1. The van der Waals surface area contributed by atoms with E-state index in [1.165, 1.54) is 16.4 Å². The summed E-state index contributed by atoms with van der Waals surface area (Å²) in [7, 11) is -3.53. The van der Waals surface area contributed by atoms with Gasteiger partial charge >= 0.3 is 0 Å². The van der Waals surface area contributed by atoms with Crippen LogP contribution >= 0.6 is 11.6 Å². The number of aryl methyl sites for hydroxylation is 1. The molecule has 1 N–H and O–H groups in total. The molecule has 1 saturated heterocycles. The first kappa shape index (κ1) is 24.9. The molecule has 0 spiro atoms. The van der Waals surface area contributed by atoms with Gasteiger partial charge in [0.15, 0.2) is 12.4 Å². The lowest BCUT2D eigenvalue weighted by Crippen LogP contribution is -2.28. The van der Waals surface area contributed by atoms with Crippen molar-refractivity contribution in [3.8, 4) is 5.75 Å². The Balaban J connectivity index is 1.44. The molecule has 4 rings (SSSR count). The van der Waals surface area contributed by atoms with Crippen LogP contribution in [0, 0.1) is 6.92 Å². The molecule has 0 aromatic heterocycles. The Bertz CT molecular complexity index is 1350. The number of hydrogen-bond donors (Lipinski definition) is 1. The average Bonchev–Trinajstić information content (AvgIpc) is 3.40. The monoisotopic (exact) mass is 512 g/mol. The van der Waals surface area contributed by atoms with Crippen molar-refractivity contribution in [3.63, 3.8) is 0 Å². The largest absolute Gasteiger partial charge is 0.483 e. The Morgan fingerprint density at radius 2 is 1.71 bits per heavy atom. The van der Waals surface area contributed by atoms with Crippen molar-refractivity contribution in [2.75, 3.05) is 25.0 Å². The van der Waals surface area contributed by atoms with Crippen molar-refractivity contribution in [2.45, 2.75) is 24.7 Å². The van der Waals surface area contributed by atoms with Crippen molar-refractivity contribution in [3.05, 3.63) is 88.4 Å². The van der Waals surface area contributed by atoms with E-state index in [-0.39, 0.29) is 22.8 Å². The number of hydrogen-bond acceptors (Lipinski definition) is 5. The Kier molecular flexibility index (Phi) is 7.54. The average molecular weight is 513 g/mol. The minimum absolute atomic E-state index is 0.207. The molecule has 1 fully saturated rings. The second-order valence-electron chi connectivity index (χ2n) is 8.26.